The van der Waals surface area contributed by atoms with Gasteiger partial charge in [-0.15, -0.1) is 0 Å². The summed E-state index contributed by atoms with van der Waals surface area (Å²) in [5.74, 6) is -0.495. The Balaban J connectivity index is 2.06. The highest BCUT2D eigenvalue weighted by molar-refractivity contribution is 6.27. The van der Waals surface area contributed by atoms with Crippen LogP contribution in [0.3, 0.4) is 0 Å². The van der Waals surface area contributed by atoms with Crippen molar-refractivity contribution in [2.75, 3.05) is 12.4 Å². The molecule has 4 heteroatoms. The van der Waals surface area contributed by atoms with E-state index in [-0.39, 0.29) is 11.7 Å². The average Bonchev–Trinajstić information content (AvgIpc) is 2.52. The van der Waals surface area contributed by atoms with E-state index in [1.165, 1.54) is 0 Å². The van der Waals surface area contributed by atoms with E-state index in [1.807, 2.05) is 30.3 Å². The molecule has 106 valence electrons. The third-order valence-electron chi connectivity index (χ3n) is 3.93. The lowest BCUT2D eigenvalue weighted by Crippen LogP contribution is -2.62. The van der Waals surface area contributed by atoms with Crippen molar-refractivity contribution in [3.05, 3.63) is 65.7 Å². The van der Waals surface area contributed by atoms with Crippen LogP contribution in [0.15, 0.2) is 54.6 Å². The number of fused-ring (bicyclic) bond motifs is 1. The van der Waals surface area contributed by atoms with Crippen molar-refractivity contribution in [3.63, 3.8) is 0 Å². The van der Waals surface area contributed by atoms with Crippen LogP contribution in [0.4, 0.5) is 5.69 Å². The maximum absolute atomic E-state index is 12.9. The molecule has 0 radical (unpaired) electrons. The molecule has 2 aromatic carbocycles. The molecule has 0 bridgehead atoms. The van der Waals surface area contributed by atoms with Crippen molar-refractivity contribution in [1.82, 2.24) is 5.32 Å². The predicted octanol–water partition coefficient (Wildman–Crippen LogP) is 2.02. The minimum atomic E-state index is -1.25. The van der Waals surface area contributed by atoms with Crippen LogP contribution in [0, 0.1) is 0 Å². The van der Waals surface area contributed by atoms with Crippen molar-refractivity contribution < 1.29 is 9.59 Å². The van der Waals surface area contributed by atoms with Crippen LogP contribution in [0.1, 0.15) is 15.9 Å². The molecule has 1 aliphatic rings. The lowest BCUT2D eigenvalue weighted by molar-refractivity contribution is -0.120. The Bertz CT molecular complexity index is 697. The number of ketones is 1. The largest absolute Gasteiger partial charge is 0.323 e. The maximum Gasteiger partial charge on any atom is 0.253 e. The molecule has 3 rings (SSSR count). The van der Waals surface area contributed by atoms with Crippen LogP contribution in [0.2, 0.25) is 0 Å². The highest BCUT2D eigenvalue weighted by Gasteiger charge is 2.48. The van der Waals surface area contributed by atoms with Crippen LogP contribution in [0.5, 0.6) is 0 Å². The van der Waals surface area contributed by atoms with Gasteiger partial charge < -0.3 is 5.32 Å². The van der Waals surface area contributed by atoms with E-state index < -0.39 is 5.54 Å². The topological polar surface area (TPSA) is 58.2 Å². The van der Waals surface area contributed by atoms with Gasteiger partial charge in [-0.2, -0.15) is 0 Å². The number of hydrogen-bond acceptors (Lipinski definition) is 3. The molecule has 21 heavy (non-hydrogen) atoms. The molecule has 1 amide bonds. The maximum atomic E-state index is 12.9. The highest BCUT2D eigenvalue weighted by Crippen LogP contribution is 2.30. The molecule has 1 unspecified atom stereocenters. The molecule has 0 saturated carbocycles. The van der Waals surface area contributed by atoms with Crippen LogP contribution in [-0.4, -0.2) is 24.3 Å². The fourth-order valence-electron chi connectivity index (χ4n) is 2.73. The predicted molar refractivity (Wildman–Crippen MR) is 81.3 cm³/mol. The van der Waals surface area contributed by atoms with E-state index >= 15 is 0 Å². The molecule has 1 aliphatic heterocycles. The first kappa shape index (κ1) is 13.5. The first-order valence-corrected chi connectivity index (χ1v) is 6.85. The second-order valence-corrected chi connectivity index (χ2v) is 5.15. The zero-order valence-electron chi connectivity index (χ0n) is 11.7. The second-order valence-electron chi connectivity index (χ2n) is 5.15. The van der Waals surface area contributed by atoms with Gasteiger partial charge in [-0.25, -0.2) is 0 Å². The summed E-state index contributed by atoms with van der Waals surface area (Å²) in [5.41, 5.74) is 0.805. The number of nitrogens with one attached hydrogen (secondary N) is 2. The zero-order valence-corrected chi connectivity index (χ0v) is 11.7. The number of likely N-dealkylation sites (N-methyl/N-ethyl adjacent to an activating group) is 1. The number of para-hydroxylation sites is 1. The lowest BCUT2D eigenvalue weighted by atomic mass is 9.79. The summed E-state index contributed by atoms with van der Waals surface area (Å²) in [5, 5.41) is 5.77. The van der Waals surface area contributed by atoms with Crippen LogP contribution >= 0.6 is 0 Å². The van der Waals surface area contributed by atoms with E-state index in [1.54, 1.807) is 31.3 Å². The number of anilines is 1. The van der Waals surface area contributed by atoms with E-state index in [0.29, 0.717) is 17.7 Å². The molecule has 4 nitrogen and oxygen atoms in total. The molecule has 0 spiro atoms. The van der Waals surface area contributed by atoms with Crippen molar-refractivity contribution in [1.29, 1.82) is 0 Å². The molecule has 2 aromatic rings. The van der Waals surface area contributed by atoms with E-state index in [9.17, 15) is 9.59 Å². The highest BCUT2D eigenvalue weighted by atomic mass is 16.2. The van der Waals surface area contributed by atoms with Gasteiger partial charge in [-0.3, -0.25) is 14.9 Å². The fraction of sp³-hybridized carbons (Fsp3) is 0.176. The minimum absolute atomic E-state index is 0.187. The average molecular weight is 280 g/mol. The summed E-state index contributed by atoms with van der Waals surface area (Å²) >= 11 is 0. The normalized spacial score (nSPS) is 20.8. The third kappa shape index (κ3) is 2.14. The number of rotatable bonds is 3. The van der Waals surface area contributed by atoms with Gasteiger partial charge in [-0.05, 0) is 24.7 Å². The standard InChI is InChI=1S/C17H16N2O2/c1-18-17(11-12-7-3-2-4-8-12)15(20)13-9-5-6-10-14(13)19-16(17)21/h2-10,18H,11H2,1H3,(H,19,21). The summed E-state index contributed by atoms with van der Waals surface area (Å²) < 4.78 is 0. The Morgan fingerprint density at radius 3 is 2.38 bits per heavy atom. The summed E-state index contributed by atoms with van der Waals surface area (Å²) in [6.07, 6.45) is 0.323. The van der Waals surface area contributed by atoms with Gasteiger partial charge in [-0.1, -0.05) is 42.5 Å². The molecule has 0 saturated heterocycles. The molecule has 2 N–H and O–H groups in total. The Morgan fingerprint density at radius 2 is 1.67 bits per heavy atom. The Hall–Kier alpha value is -2.46. The fourth-order valence-corrected chi connectivity index (χ4v) is 2.73. The van der Waals surface area contributed by atoms with E-state index in [2.05, 4.69) is 10.6 Å². The van der Waals surface area contributed by atoms with Crippen molar-refractivity contribution in [3.8, 4) is 0 Å². The van der Waals surface area contributed by atoms with Crippen molar-refractivity contribution in [2.45, 2.75) is 12.0 Å². The Kier molecular flexibility index (Phi) is 3.31. The molecular formula is C17H16N2O2. The van der Waals surface area contributed by atoms with E-state index in [4.69, 9.17) is 0 Å². The van der Waals surface area contributed by atoms with Crippen LogP contribution < -0.4 is 10.6 Å². The van der Waals surface area contributed by atoms with Crippen LogP contribution in [0.25, 0.3) is 0 Å². The van der Waals surface area contributed by atoms with Crippen molar-refractivity contribution in [2.24, 2.45) is 0 Å². The number of Topliss-reactive ketones (excluding diaryl/α,β-unsaturated/α-hetero) is 1. The van der Waals surface area contributed by atoms with Crippen LogP contribution in [-0.2, 0) is 11.2 Å². The van der Waals surface area contributed by atoms with Gasteiger partial charge in [0.2, 0.25) is 0 Å². The number of amides is 1. The number of benzene rings is 2. The Morgan fingerprint density at radius 1 is 1.00 bits per heavy atom. The number of hydrogen-bond donors (Lipinski definition) is 2. The number of carbonyl (C=O) groups excluding carboxylic acids is 2. The quantitative estimate of drug-likeness (QED) is 0.846. The van der Waals surface area contributed by atoms with E-state index in [0.717, 1.165) is 5.56 Å². The van der Waals surface area contributed by atoms with Gasteiger partial charge >= 0.3 is 0 Å². The van der Waals surface area contributed by atoms with Gasteiger partial charge in [0.1, 0.15) is 0 Å². The molecule has 0 aromatic heterocycles. The summed E-state index contributed by atoms with van der Waals surface area (Å²) in [6.45, 7) is 0. The van der Waals surface area contributed by atoms with Gasteiger partial charge in [0, 0.05) is 12.0 Å². The Labute approximate surface area is 123 Å². The zero-order chi connectivity index (χ0) is 14.9. The molecule has 0 fully saturated rings. The summed E-state index contributed by atoms with van der Waals surface area (Å²) in [4.78, 5) is 25.4. The van der Waals surface area contributed by atoms with Crippen molar-refractivity contribution >= 4 is 17.4 Å². The minimum Gasteiger partial charge on any atom is -0.323 e. The first-order valence-electron chi connectivity index (χ1n) is 6.85. The lowest BCUT2D eigenvalue weighted by Gasteiger charge is -2.35. The molecule has 1 heterocycles. The first-order chi connectivity index (χ1) is 10.2. The molecule has 1 atom stereocenters. The van der Waals surface area contributed by atoms with Gasteiger partial charge in [0.05, 0.1) is 5.69 Å². The smallest absolute Gasteiger partial charge is 0.253 e. The monoisotopic (exact) mass is 280 g/mol. The summed E-state index contributed by atoms with van der Waals surface area (Å²) in [6, 6.07) is 16.6. The summed E-state index contributed by atoms with van der Waals surface area (Å²) in [7, 11) is 1.65. The third-order valence-corrected chi connectivity index (χ3v) is 3.93. The molecule has 0 aliphatic carbocycles. The van der Waals surface area contributed by atoms with Gasteiger partial charge in [0.15, 0.2) is 11.3 Å². The second kappa shape index (κ2) is 5.14. The molecular weight excluding hydrogens is 264 g/mol. The van der Waals surface area contributed by atoms with Gasteiger partial charge in [0.25, 0.3) is 5.91 Å². The number of carbonyl (C=O) groups is 2. The SMILES string of the molecule is CNC1(Cc2ccccc2)C(=O)Nc2ccccc2C1=O.